The lowest BCUT2D eigenvalue weighted by atomic mass is 10.2. The molecule has 0 aliphatic rings. The lowest BCUT2D eigenvalue weighted by Gasteiger charge is -2.07. The maximum atomic E-state index is 13.1. The van der Waals surface area contributed by atoms with Crippen LogP contribution in [0.2, 0.25) is 0 Å². The summed E-state index contributed by atoms with van der Waals surface area (Å²) in [5.74, 6) is 1.97. The smallest absolute Gasteiger partial charge is 0.269 e. The predicted octanol–water partition coefficient (Wildman–Crippen LogP) is 3.56. The molecule has 5 rings (SSSR count). The highest BCUT2D eigenvalue weighted by atomic mass is 32.1. The maximum Gasteiger partial charge on any atom is 0.269 e. The number of aromatic nitrogens is 7. The first-order valence-corrected chi connectivity index (χ1v) is 11.9. The van der Waals surface area contributed by atoms with Crippen molar-refractivity contribution in [1.82, 2.24) is 34.6 Å². The zero-order valence-corrected chi connectivity index (χ0v) is 20.3. The van der Waals surface area contributed by atoms with Crippen LogP contribution in [0, 0.1) is 0 Å². The fraction of sp³-hybridized carbons (Fsp3) is 0.250. The van der Waals surface area contributed by atoms with Gasteiger partial charge in [0.05, 0.1) is 19.3 Å². The molecule has 178 valence electrons. The Morgan fingerprint density at radius 2 is 1.94 bits per heavy atom. The van der Waals surface area contributed by atoms with Crippen LogP contribution >= 0.6 is 11.3 Å². The summed E-state index contributed by atoms with van der Waals surface area (Å²) >= 11 is 1.57. The van der Waals surface area contributed by atoms with Crippen molar-refractivity contribution in [3.8, 4) is 22.9 Å². The summed E-state index contributed by atoms with van der Waals surface area (Å²) in [7, 11) is 1.62. The number of hydrogen-bond acceptors (Lipinski definition) is 9. The van der Waals surface area contributed by atoms with Crippen molar-refractivity contribution in [3.63, 3.8) is 0 Å². The highest BCUT2D eigenvalue weighted by molar-refractivity contribution is 7.09. The van der Waals surface area contributed by atoms with Crippen LogP contribution in [0.5, 0.6) is 11.5 Å². The fourth-order valence-electron chi connectivity index (χ4n) is 3.41. The summed E-state index contributed by atoms with van der Waals surface area (Å²) in [5, 5.41) is 15.4. The zero-order valence-electron chi connectivity index (χ0n) is 19.5. The number of rotatable bonds is 8. The molecule has 0 N–H and O–H groups in total. The number of pyridine rings is 1. The molecule has 4 aromatic heterocycles. The van der Waals surface area contributed by atoms with Crippen LogP contribution in [0.25, 0.3) is 17.0 Å². The van der Waals surface area contributed by atoms with Crippen LogP contribution in [0.15, 0.2) is 59.0 Å². The van der Waals surface area contributed by atoms with Crippen LogP contribution in [0.3, 0.4) is 0 Å². The molecule has 10 nitrogen and oxygen atoms in total. The van der Waals surface area contributed by atoms with E-state index in [9.17, 15) is 4.79 Å². The first-order chi connectivity index (χ1) is 17.0. The van der Waals surface area contributed by atoms with Crippen molar-refractivity contribution in [2.45, 2.75) is 32.9 Å². The summed E-state index contributed by atoms with van der Waals surface area (Å²) < 4.78 is 12.5. The first-order valence-electron chi connectivity index (χ1n) is 11.0. The van der Waals surface area contributed by atoms with Gasteiger partial charge in [-0.25, -0.2) is 9.97 Å². The van der Waals surface area contributed by atoms with E-state index in [-0.39, 0.29) is 16.9 Å². The van der Waals surface area contributed by atoms with Gasteiger partial charge in [0.2, 0.25) is 5.82 Å². The van der Waals surface area contributed by atoms with Crippen molar-refractivity contribution >= 4 is 17.0 Å². The van der Waals surface area contributed by atoms with Gasteiger partial charge < -0.3 is 9.47 Å². The molecule has 0 aliphatic heterocycles. The molecule has 0 saturated carbocycles. The molecule has 0 unspecified atom stereocenters. The number of ether oxygens (including phenoxy) is 2. The molecule has 35 heavy (non-hydrogen) atoms. The van der Waals surface area contributed by atoms with Gasteiger partial charge in [-0.15, -0.1) is 21.5 Å². The number of benzene rings is 1. The van der Waals surface area contributed by atoms with E-state index in [1.54, 1.807) is 36.8 Å². The number of methoxy groups -OCH3 is 1. The maximum absolute atomic E-state index is 13.1. The lowest BCUT2D eigenvalue weighted by Crippen LogP contribution is -2.17. The van der Waals surface area contributed by atoms with Crippen LogP contribution in [-0.2, 0) is 13.2 Å². The second-order valence-electron chi connectivity index (χ2n) is 8.17. The molecule has 11 heteroatoms. The molecule has 0 aliphatic carbocycles. The largest absolute Gasteiger partial charge is 0.497 e. The third kappa shape index (κ3) is 4.90. The van der Waals surface area contributed by atoms with E-state index in [1.165, 1.54) is 15.4 Å². The number of fused-ring (bicyclic) bond motifs is 1. The molecule has 0 amide bonds. The minimum Gasteiger partial charge on any atom is -0.497 e. The Labute approximate surface area is 204 Å². The van der Waals surface area contributed by atoms with Crippen molar-refractivity contribution in [1.29, 1.82) is 0 Å². The van der Waals surface area contributed by atoms with E-state index in [4.69, 9.17) is 9.47 Å². The lowest BCUT2D eigenvalue weighted by molar-refractivity contribution is 0.305. The topological polar surface area (TPSA) is 109 Å². The first kappa shape index (κ1) is 22.7. The average Bonchev–Trinajstić information content (AvgIpc) is 3.53. The van der Waals surface area contributed by atoms with Crippen molar-refractivity contribution in [2.24, 2.45) is 0 Å². The summed E-state index contributed by atoms with van der Waals surface area (Å²) in [4.78, 5) is 23.5. The normalized spacial score (nSPS) is 11.3. The van der Waals surface area contributed by atoms with Gasteiger partial charge in [-0.1, -0.05) is 26.0 Å². The standard InChI is InChI=1S/C24H23N7O3S/c1-15(2)20-14-35-22(26-20)13-34-18-8-9-30-21(10-18)25-11-19(24(30)32)23-27-29-31(28-23)12-16-4-6-17(33-3)7-5-16/h4-11,14-15H,12-13H2,1-3H3. The monoisotopic (exact) mass is 489 g/mol. The van der Waals surface area contributed by atoms with Crippen LogP contribution < -0.4 is 15.0 Å². The zero-order chi connectivity index (χ0) is 24.4. The average molecular weight is 490 g/mol. The van der Waals surface area contributed by atoms with E-state index in [0.717, 1.165) is 22.0 Å². The minimum atomic E-state index is -0.285. The molecule has 4 heterocycles. The third-order valence-electron chi connectivity index (χ3n) is 5.38. The van der Waals surface area contributed by atoms with Crippen LogP contribution in [0.1, 0.15) is 36.0 Å². The number of nitrogens with zero attached hydrogens (tertiary/aromatic N) is 7. The second kappa shape index (κ2) is 9.63. The van der Waals surface area contributed by atoms with Gasteiger partial charge in [0.25, 0.3) is 5.56 Å². The van der Waals surface area contributed by atoms with Crippen molar-refractivity contribution < 1.29 is 9.47 Å². The molecule has 0 bridgehead atoms. The highest BCUT2D eigenvalue weighted by Crippen LogP contribution is 2.20. The summed E-state index contributed by atoms with van der Waals surface area (Å²) in [6, 6.07) is 11.0. The third-order valence-corrected chi connectivity index (χ3v) is 6.22. The summed E-state index contributed by atoms with van der Waals surface area (Å²) in [5.41, 5.74) is 2.48. The number of tetrazole rings is 1. The molecule has 0 radical (unpaired) electrons. The van der Waals surface area contributed by atoms with E-state index in [0.29, 0.717) is 30.5 Å². The molecule has 0 atom stereocenters. The van der Waals surface area contributed by atoms with E-state index < -0.39 is 0 Å². The molecule has 0 spiro atoms. The molecule has 0 fully saturated rings. The van der Waals surface area contributed by atoms with Gasteiger partial charge >= 0.3 is 0 Å². The van der Waals surface area contributed by atoms with E-state index in [2.05, 4.69) is 39.2 Å². The van der Waals surface area contributed by atoms with Gasteiger partial charge in [0, 0.05) is 23.8 Å². The Morgan fingerprint density at radius 1 is 1.11 bits per heavy atom. The van der Waals surface area contributed by atoms with E-state index in [1.807, 2.05) is 29.6 Å². The second-order valence-corrected chi connectivity index (χ2v) is 9.11. The molecular weight excluding hydrogens is 466 g/mol. The Kier molecular flexibility index (Phi) is 6.23. The van der Waals surface area contributed by atoms with Gasteiger partial charge in [-0.3, -0.25) is 9.20 Å². The SMILES string of the molecule is COc1ccc(Cn2nnc(-c3cnc4cc(OCc5nc(C(C)C)cs5)ccn4c3=O)n2)cc1. The number of hydrogen-bond donors (Lipinski definition) is 0. The van der Waals surface area contributed by atoms with E-state index >= 15 is 0 Å². The van der Waals surface area contributed by atoms with Crippen molar-refractivity contribution in [2.75, 3.05) is 7.11 Å². The molecular formula is C24H23N7O3S. The van der Waals surface area contributed by atoms with Gasteiger partial charge in [-0.2, -0.15) is 4.80 Å². The van der Waals surface area contributed by atoms with Crippen molar-refractivity contribution in [3.05, 3.63) is 80.8 Å². The number of thiazole rings is 1. The summed E-state index contributed by atoms with van der Waals surface area (Å²) in [6.07, 6.45) is 3.10. The Hall–Kier alpha value is -4.12. The van der Waals surface area contributed by atoms with Gasteiger partial charge in [0.15, 0.2) is 0 Å². The molecule has 0 saturated heterocycles. The predicted molar refractivity (Wildman–Crippen MR) is 131 cm³/mol. The highest BCUT2D eigenvalue weighted by Gasteiger charge is 2.14. The van der Waals surface area contributed by atoms with Crippen LogP contribution in [0.4, 0.5) is 0 Å². The Morgan fingerprint density at radius 3 is 2.69 bits per heavy atom. The summed E-state index contributed by atoms with van der Waals surface area (Å²) in [6.45, 7) is 4.99. The fourth-order valence-corrected chi connectivity index (χ4v) is 4.28. The Bertz CT molecular complexity index is 1520. The molecule has 1 aromatic carbocycles. The Balaban J connectivity index is 1.32. The van der Waals surface area contributed by atoms with Gasteiger partial charge in [-0.05, 0) is 34.9 Å². The quantitative estimate of drug-likeness (QED) is 0.325. The van der Waals surface area contributed by atoms with Gasteiger partial charge in [0.1, 0.15) is 34.3 Å². The van der Waals surface area contributed by atoms with Crippen LogP contribution in [-0.4, -0.2) is 41.7 Å². The minimum absolute atomic E-state index is 0.218. The molecule has 5 aromatic rings.